The van der Waals surface area contributed by atoms with Gasteiger partial charge in [-0.05, 0) is 44.2 Å². The molecule has 0 saturated heterocycles. The molecule has 0 radical (unpaired) electrons. The van der Waals surface area contributed by atoms with E-state index >= 15 is 0 Å². The third kappa shape index (κ3) is 3.86. The van der Waals surface area contributed by atoms with Gasteiger partial charge in [0.25, 0.3) is 10.0 Å². The molecule has 0 amide bonds. The highest BCUT2D eigenvalue weighted by molar-refractivity contribution is 7.91. The van der Waals surface area contributed by atoms with Crippen molar-refractivity contribution in [2.75, 3.05) is 7.05 Å². The minimum Gasteiger partial charge on any atom is -0.309 e. The van der Waals surface area contributed by atoms with Crippen molar-refractivity contribution in [1.29, 1.82) is 0 Å². The molecule has 2 rings (SSSR count). The normalized spacial score (nSPS) is 16.1. The largest absolute Gasteiger partial charge is 0.309 e. The molecule has 1 aromatic rings. The number of rotatable bonds is 8. The first-order valence-corrected chi connectivity index (χ1v) is 9.96. The maximum Gasteiger partial charge on any atom is 0.252 e. The molecule has 1 aliphatic carbocycles. The molecule has 0 aliphatic heterocycles. The third-order valence-electron chi connectivity index (χ3n) is 4.22. The number of nitrogens with zero attached hydrogens (tertiary/aromatic N) is 1. The Kier molecular flexibility index (Phi) is 5.46. The molecule has 120 valence electrons. The summed E-state index contributed by atoms with van der Waals surface area (Å²) in [6, 6.07) is 2.53. The molecule has 0 bridgehead atoms. The summed E-state index contributed by atoms with van der Waals surface area (Å²) in [5.74, 6) is 0. The number of aryl methyl sites for hydroxylation is 1. The number of thiophene rings is 1. The van der Waals surface area contributed by atoms with Gasteiger partial charge in [0, 0.05) is 30.6 Å². The van der Waals surface area contributed by atoms with Crippen LogP contribution < -0.4 is 5.32 Å². The van der Waals surface area contributed by atoms with Crippen molar-refractivity contribution in [2.24, 2.45) is 0 Å². The lowest BCUT2D eigenvalue weighted by Crippen LogP contribution is -2.35. The summed E-state index contributed by atoms with van der Waals surface area (Å²) in [7, 11) is -1.66. The van der Waals surface area contributed by atoms with Crippen LogP contribution in [-0.2, 0) is 16.6 Å². The van der Waals surface area contributed by atoms with Crippen LogP contribution in [0.3, 0.4) is 0 Å². The summed E-state index contributed by atoms with van der Waals surface area (Å²) < 4.78 is 27.5. The maximum atomic E-state index is 12.7. The van der Waals surface area contributed by atoms with Gasteiger partial charge in [-0.15, -0.1) is 11.3 Å². The first-order valence-electron chi connectivity index (χ1n) is 7.70. The number of hydrogen-bond donors (Lipinski definition) is 1. The summed E-state index contributed by atoms with van der Waals surface area (Å²) in [6.07, 6.45) is 4.17. The van der Waals surface area contributed by atoms with E-state index in [0.29, 0.717) is 10.3 Å². The van der Waals surface area contributed by atoms with Crippen LogP contribution in [0, 0.1) is 6.92 Å². The Hall–Kier alpha value is -0.430. The van der Waals surface area contributed by atoms with E-state index in [1.54, 1.807) is 7.05 Å². The lowest BCUT2D eigenvalue weighted by Gasteiger charge is -2.24. The van der Waals surface area contributed by atoms with Gasteiger partial charge in [0.05, 0.1) is 0 Å². The van der Waals surface area contributed by atoms with E-state index in [9.17, 15) is 8.42 Å². The molecule has 1 aromatic heterocycles. The highest BCUT2D eigenvalue weighted by Crippen LogP contribution is 2.30. The third-order valence-corrected chi connectivity index (χ3v) is 7.81. The Morgan fingerprint density at radius 2 is 2.00 bits per heavy atom. The molecule has 0 spiro atoms. The second-order valence-corrected chi connectivity index (χ2v) is 9.18. The number of hydrogen-bond acceptors (Lipinski definition) is 4. The van der Waals surface area contributed by atoms with Gasteiger partial charge in [0.2, 0.25) is 0 Å². The monoisotopic (exact) mass is 330 g/mol. The van der Waals surface area contributed by atoms with E-state index in [-0.39, 0.29) is 6.04 Å². The van der Waals surface area contributed by atoms with Gasteiger partial charge in [-0.1, -0.05) is 13.8 Å². The van der Waals surface area contributed by atoms with Crippen LogP contribution in [0.5, 0.6) is 0 Å². The van der Waals surface area contributed by atoms with E-state index in [1.807, 2.05) is 26.8 Å². The second kappa shape index (κ2) is 6.77. The van der Waals surface area contributed by atoms with Crippen LogP contribution in [0.15, 0.2) is 10.3 Å². The molecule has 1 fully saturated rings. The predicted octanol–water partition coefficient (Wildman–Crippen LogP) is 3.12. The molecule has 0 aromatic carbocycles. The lowest BCUT2D eigenvalue weighted by molar-refractivity contribution is 0.350. The van der Waals surface area contributed by atoms with Gasteiger partial charge in [0.15, 0.2) is 0 Å². The highest BCUT2D eigenvalue weighted by Gasteiger charge is 2.28. The Labute approximate surface area is 132 Å². The van der Waals surface area contributed by atoms with Gasteiger partial charge in [-0.2, -0.15) is 4.31 Å². The van der Waals surface area contributed by atoms with Crippen LogP contribution in [-0.4, -0.2) is 31.9 Å². The van der Waals surface area contributed by atoms with Crippen LogP contribution in [0.4, 0.5) is 0 Å². The minimum absolute atomic E-state index is 0.0745. The molecule has 1 N–H and O–H groups in total. The summed E-state index contributed by atoms with van der Waals surface area (Å²) >= 11 is 1.41. The van der Waals surface area contributed by atoms with E-state index in [2.05, 4.69) is 5.32 Å². The van der Waals surface area contributed by atoms with Gasteiger partial charge in [0.1, 0.15) is 4.21 Å². The highest BCUT2D eigenvalue weighted by atomic mass is 32.2. The first kappa shape index (κ1) is 16.9. The van der Waals surface area contributed by atoms with Crippen molar-refractivity contribution in [3.63, 3.8) is 0 Å². The van der Waals surface area contributed by atoms with E-state index in [0.717, 1.165) is 29.8 Å². The van der Waals surface area contributed by atoms with Gasteiger partial charge < -0.3 is 5.32 Å². The zero-order valence-corrected chi connectivity index (χ0v) is 15.0. The van der Waals surface area contributed by atoms with Crippen molar-refractivity contribution in [2.45, 2.75) is 69.3 Å². The van der Waals surface area contributed by atoms with Crippen molar-refractivity contribution < 1.29 is 8.42 Å². The molecule has 4 nitrogen and oxygen atoms in total. The average molecular weight is 331 g/mol. The standard InChI is InChI=1S/C15H26N2O2S2/c1-5-13(6-2)17(4)21(18,19)15-9-11(3)14(20-15)10-16-12-7-8-12/h9,12-13,16H,5-8,10H2,1-4H3. The van der Waals surface area contributed by atoms with Crippen LogP contribution in [0.1, 0.15) is 50.0 Å². The summed E-state index contributed by atoms with van der Waals surface area (Å²) in [6.45, 7) is 6.84. The van der Waals surface area contributed by atoms with Gasteiger partial charge >= 0.3 is 0 Å². The summed E-state index contributed by atoms with van der Waals surface area (Å²) in [5.41, 5.74) is 1.07. The fourth-order valence-electron chi connectivity index (χ4n) is 2.46. The Morgan fingerprint density at radius 1 is 1.38 bits per heavy atom. The Morgan fingerprint density at radius 3 is 2.52 bits per heavy atom. The van der Waals surface area contributed by atoms with Crippen LogP contribution in [0.2, 0.25) is 0 Å². The molecule has 21 heavy (non-hydrogen) atoms. The first-order chi connectivity index (χ1) is 9.90. The predicted molar refractivity (Wildman–Crippen MR) is 88.2 cm³/mol. The molecule has 6 heteroatoms. The Bertz CT molecular complexity index is 572. The summed E-state index contributed by atoms with van der Waals surface area (Å²) in [5, 5.41) is 3.45. The van der Waals surface area contributed by atoms with Gasteiger partial charge in [-0.3, -0.25) is 0 Å². The van der Waals surface area contributed by atoms with Crippen LogP contribution in [0.25, 0.3) is 0 Å². The molecular weight excluding hydrogens is 304 g/mol. The molecule has 1 saturated carbocycles. The second-order valence-electron chi connectivity index (χ2n) is 5.82. The fourth-order valence-corrected chi connectivity index (χ4v) is 5.69. The molecule has 0 unspecified atom stereocenters. The van der Waals surface area contributed by atoms with E-state index < -0.39 is 10.0 Å². The quantitative estimate of drug-likeness (QED) is 0.797. The van der Waals surface area contributed by atoms with Crippen LogP contribution >= 0.6 is 11.3 Å². The topological polar surface area (TPSA) is 49.4 Å². The van der Waals surface area contributed by atoms with E-state index in [1.165, 1.54) is 28.5 Å². The van der Waals surface area contributed by atoms with Crippen molar-refractivity contribution in [3.8, 4) is 0 Å². The summed E-state index contributed by atoms with van der Waals surface area (Å²) in [4.78, 5) is 1.14. The molecule has 0 atom stereocenters. The molecule has 1 heterocycles. The van der Waals surface area contributed by atoms with Crippen molar-refractivity contribution in [3.05, 3.63) is 16.5 Å². The lowest BCUT2D eigenvalue weighted by atomic mass is 10.2. The van der Waals surface area contributed by atoms with Crippen molar-refractivity contribution in [1.82, 2.24) is 9.62 Å². The Balaban J connectivity index is 2.17. The molecular formula is C15H26N2O2S2. The maximum absolute atomic E-state index is 12.7. The van der Waals surface area contributed by atoms with E-state index in [4.69, 9.17) is 0 Å². The zero-order chi connectivity index (χ0) is 15.6. The average Bonchev–Trinajstić information content (AvgIpc) is 3.20. The number of sulfonamides is 1. The van der Waals surface area contributed by atoms with Gasteiger partial charge in [-0.25, -0.2) is 8.42 Å². The zero-order valence-electron chi connectivity index (χ0n) is 13.3. The number of nitrogens with one attached hydrogen (secondary N) is 1. The fraction of sp³-hybridized carbons (Fsp3) is 0.733. The minimum atomic E-state index is -3.36. The van der Waals surface area contributed by atoms with Crippen molar-refractivity contribution >= 4 is 21.4 Å². The molecule has 1 aliphatic rings. The SMILES string of the molecule is CCC(CC)N(C)S(=O)(=O)c1cc(C)c(CNC2CC2)s1. The smallest absolute Gasteiger partial charge is 0.252 e.